The first-order chi connectivity index (χ1) is 17.2. The van der Waals surface area contributed by atoms with Crippen LogP contribution in [-0.2, 0) is 16.6 Å². The molecule has 0 atom stereocenters. The van der Waals surface area contributed by atoms with Gasteiger partial charge in [-0.25, -0.2) is 12.8 Å². The zero-order valence-corrected chi connectivity index (χ0v) is 21.4. The van der Waals surface area contributed by atoms with Gasteiger partial charge in [-0.05, 0) is 91.1 Å². The van der Waals surface area contributed by atoms with Crippen molar-refractivity contribution in [2.24, 2.45) is 5.92 Å². The van der Waals surface area contributed by atoms with Gasteiger partial charge in [0, 0.05) is 44.1 Å². The van der Waals surface area contributed by atoms with Crippen molar-refractivity contribution in [1.29, 1.82) is 0 Å². The summed E-state index contributed by atoms with van der Waals surface area (Å²) >= 11 is 0. The molecule has 1 aliphatic carbocycles. The minimum Gasteiger partial charge on any atom is -0.497 e. The Morgan fingerprint density at radius 2 is 1.69 bits per heavy atom. The largest absolute Gasteiger partial charge is 0.497 e. The van der Waals surface area contributed by atoms with Crippen LogP contribution in [0.1, 0.15) is 28.8 Å². The second-order valence-corrected chi connectivity index (χ2v) is 10.8. The van der Waals surface area contributed by atoms with E-state index in [-0.39, 0.29) is 10.8 Å². The fourth-order valence-corrected chi connectivity index (χ4v) is 5.04. The SMILES string of the molecule is COc1ccc(S(=O)(=O)Nc2ccc(N(C)C)c(CN(CC3CC3)C(=O)c3ccc(F)cc3)c2)cc1. The quantitative estimate of drug-likeness (QED) is 0.425. The molecule has 1 N–H and O–H groups in total. The van der Waals surface area contributed by atoms with Crippen LogP contribution in [0.4, 0.5) is 15.8 Å². The molecule has 0 radical (unpaired) electrons. The third-order valence-electron chi connectivity index (χ3n) is 6.10. The minimum absolute atomic E-state index is 0.114. The van der Waals surface area contributed by atoms with Crippen molar-refractivity contribution in [3.05, 3.63) is 83.7 Å². The Kier molecular flexibility index (Phi) is 7.49. The smallest absolute Gasteiger partial charge is 0.261 e. The number of hydrogen-bond acceptors (Lipinski definition) is 5. The first kappa shape index (κ1) is 25.5. The molecule has 7 nitrogen and oxygen atoms in total. The van der Waals surface area contributed by atoms with Gasteiger partial charge in [0.1, 0.15) is 11.6 Å². The third-order valence-corrected chi connectivity index (χ3v) is 7.50. The molecule has 0 spiro atoms. The van der Waals surface area contributed by atoms with Gasteiger partial charge in [0.2, 0.25) is 0 Å². The molecular weight excluding hydrogens is 481 g/mol. The van der Waals surface area contributed by atoms with Gasteiger partial charge in [-0.1, -0.05) is 0 Å². The number of sulfonamides is 1. The number of methoxy groups -OCH3 is 1. The van der Waals surface area contributed by atoms with E-state index in [1.165, 1.54) is 43.5 Å². The maximum absolute atomic E-state index is 13.4. The lowest BCUT2D eigenvalue weighted by atomic mass is 10.1. The molecule has 1 amide bonds. The fourth-order valence-electron chi connectivity index (χ4n) is 3.99. The number of carbonyl (C=O) groups excluding carboxylic acids is 1. The number of amides is 1. The molecule has 36 heavy (non-hydrogen) atoms. The molecule has 1 fully saturated rings. The van der Waals surface area contributed by atoms with E-state index in [9.17, 15) is 17.6 Å². The fraction of sp³-hybridized carbons (Fsp3) is 0.296. The first-order valence-electron chi connectivity index (χ1n) is 11.7. The number of rotatable bonds is 10. The molecule has 0 aromatic heterocycles. The summed E-state index contributed by atoms with van der Waals surface area (Å²) in [5.74, 6) is 0.421. The van der Waals surface area contributed by atoms with Crippen LogP contribution in [0.15, 0.2) is 71.6 Å². The molecule has 0 heterocycles. The molecule has 9 heteroatoms. The van der Waals surface area contributed by atoms with E-state index in [0.29, 0.717) is 36.0 Å². The van der Waals surface area contributed by atoms with E-state index < -0.39 is 15.8 Å². The predicted molar refractivity (Wildman–Crippen MR) is 138 cm³/mol. The number of nitrogens with zero attached hydrogens (tertiary/aromatic N) is 2. The van der Waals surface area contributed by atoms with E-state index >= 15 is 0 Å². The number of halogens is 1. The van der Waals surface area contributed by atoms with Crippen LogP contribution >= 0.6 is 0 Å². The third kappa shape index (κ3) is 6.15. The van der Waals surface area contributed by atoms with Crippen molar-refractivity contribution in [2.75, 3.05) is 37.4 Å². The van der Waals surface area contributed by atoms with Crippen molar-refractivity contribution in [2.45, 2.75) is 24.3 Å². The lowest BCUT2D eigenvalue weighted by molar-refractivity contribution is 0.0735. The summed E-state index contributed by atoms with van der Waals surface area (Å²) in [4.78, 5) is 17.1. The maximum atomic E-state index is 13.4. The monoisotopic (exact) mass is 511 g/mol. The number of anilines is 2. The number of nitrogens with one attached hydrogen (secondary N) is 1. The highest BCUT2D eigenvalue weighted by Gasteiger charge is 2.28. The minimum atomic E-state index is -3.82. The van der Waals surface area contributed by atoms with Crippen molar-refractivity contribution in [3.63, 3.8) is 0 Å². The molecule has 3 aromatic rings. The highest BCUT2D eigenvalue weighted by molar-refractivity contribution is 7.92. The van der Waals surface area contributed by atoms with Gasteiger partial charge in [-0.3, -0.25) is 9.52 Å². The molecule has 4 rings (SSSR count). The Morgan fingerprint density at radius 3 is 2.28 bits per heavy atom. The number of benzene rings is 3. The molecule has 3 aromatic carbocycles. The Balaban J connectivity index is 1.62. The molecular formula is C27H30FN3O4S. The summed E-state index contributed by atoms with van der Waals surface area (Å²) in [7, 11) is 1.48. The highest BCUT2D eigenvalue weighted by atomic mass is 32.2. The molecule has 0 aliphatic heterocycles. The summed E-state index contributed by atoms with van der Waals surface area (Å²) in [6, 6.07) is 17.0. The standard InChI is InChI=1S/C27H30FN3O4S/c1-30(2)26-15-10-23(29-36(33,34)25-13-11-24(35-3)12-14-25)16-21(26)18-31(17-19-4-5-19)27(32)20-6-8-22(28)9-7-20/h6-16,19,29H,4-5,17-18H2,1-3H3. The van der Waals surface area contributed by atoms with Gasteiger partial charge in [0.05, 0.1) is 12.0 Å². The van der Waals surface area contributed by atoms with Gasteiger partial charge in [-0.15, -0.1) is 0 Å². The van der Waals surface area contributed by atoms with Crippen LogP contribution in [0.25, 0.3) is 0 Å². The van der Waals surface area contributed by atoms with Gasteiger partial charge in [0.25, 0.3) is 15.9 Å². The summed E-state index contributed by atoms with van der Waals surface area (Å²) < 4.78 is 47.1. The van der Waals surface area contributed by atoms with Crippen LogP contribution < -0.4 is 14.4 Å². The molecule has 0 saturated heterocycles. The van der Waals surface area contributed by atoms with Crippen LogP contribution in [0.2, 0.25) is 0 Å². The number of carbonyl (C=O) groups is 1. The highest BCUT2D eigenvalue weighted by Crippen LogP contribution is 2.32. The van der Waals surface area contributed by atoms with E-state index in [4.69, 9.17) is 4.74 Å². The van der Waals surface area contributed by atoms with Crippen LogP contribution in [0, 0.1) is 11.7 Å². The maximum Gasteiger partial charge on any atom is 0.261 e. The normalized spacial score (nSPS) is 13.2. The number of hydrogen-bond donors (Lipinski definition) is 1. The van der Waals surface area contributed by atoms with Gasteiger partial charge < -0.3 is 14.5 Å². The topological polar surface area (TPSA) is 79.0 Å². The van der Waals surface area contributed by atoms with Gasteiger partial charge >= 0.3 is 0 Å². The number of ether oxygens (including phenoxy) is 1. The van der Waals surface area contributed by atoms with Crippen LogP contribution in [0.3, 0.4) is 0 Å². The Bertz CT molecular complexity index is 1320. The Morgan fingerprint density at radius 1 is 1.03 bits per heavy atom. The Hall–Kier alpha value is -3.59. The van der Waals surface area contributed by atoms with Crippen molar-refractivity contribution in [3.8, 4) is 5.75 Å². The summed E-state index contributed by atoms with van der Waals surface area (Å²) in [6.07, 6.45) is 2.13. The van der Waals surface area contributed by atoms with Gasteiger partial charge in [0.15, 0.2) is 0 Å². The first-order valence-corrected chi connectivity index (χ1v) is 13.2. The molecule has 0 bridgehead atoms. The second kappa shape index (κ2) is 10.6. The average Bonchev–Trinajstić information content (AvgIpc) is 3.67. The average molecular weight is 512 g/mol. The van der Waals surface area contributed by atoms with Crippen molar-refractivity contribution < 1.29 is 22.3 Å². The van der Waals surface area contributed by atoms with Crippen molar-refractivity contribution >= 4 is 27.3 Å². The summed E-state index contributed by atoms with van der Waals surface area (Å²) in [6.45, 7) is 0.878. The lowest BCUT2D eigenvalue weighted by Gasteiger charge is -2.26. The summed E-state index contributed by atoms with van der Waals surface area (Å²) in [5.41, 5.74) is 2.48. The molecule has 190 valence electrons. The van der Waals surface area contributed by atoms with E-state index in [1.54, 1.807) is 29.2 Å². The van der Waals surface area contributed by atoms with Crippen LogP contribution in [-0.4, -0.2) is 47.0 Å². The second-order valence-electron chi connectivity index (χ2n) is 9.15. The predicted octanol–water partition coefficient (Wildman–Crippen LogP) is 4.75. The zero-order valence-electron chi connectivity index (χ0n) is 20.6. The van der Waals surface area contributed by atoms with E-state index in [0.717, 1.165) is 24.1 Å². The zero-order chi connectivity index (χ0) is 25.9. The molecule has 1 saturated carbocycles. The molecule has 1 aliphatic rings. The van der Waals surface area contributed by atoms with E-state index in [1.807, 2.05) is 25.1 Å². The van der Waals surface area contributed by atoms with Crippen LogP contribution in [0.5, 0.6) is 5.75 Å². The summed E-state index contributed by atoms with van der Waals surface area (Å²) in [5, 5.41) is 0. The van der Waals surface area contributed by atoms with Crippen molar-refractivity contribution in [1.82, 2.24) is 4.90 Å². The lowest BCUT2D eigenvalue weighted by Crippen LogP contribution is -2.33. The van der Waals surface area contributed by atoms with E-state index in [2.05, 4.69) is 4.72 Å². The van der Waals surface area contributed by atoms with Gasteiger partial charge in [-0.2, -0.15) is 0 Å². The Labute approximate surface area is 211 Å². The molecule has 0 unspecified atom stereocenters.